The fourth-order valence-corrected chi connectivity index (χ4v) is 1.40. The van der Waals surface area contributed by atoms with Crippen molar-refractivity contribution in [2.45, 2.75) is 45.6 Å². The summed E-state index contributed by atoms with van der Waals surface area (Å²) in [6, 6.07) is -0.350. The van der Waals surface area contributed by atoms with Crippen LogP contribution in [0.25, 0.3) is 0 Å². The predicted molar refractivity (Wildman–Crippen MR) is 68.6 cm³/mol. The minimum atomic E-state index is -0.937. The van der Waals surface area contributed by atoms with E-state index < -0.39 is 11.5 Å². The average molecular weight is 260 g/mol. The van der Waals surface area contributed by atoms with Gasteiger partial charge in [0.1, 0.15) is 0 Å². The molecule has 6 nitrogen and oxygen atoms in total. The molecule has 0 rings (SSSR count). The Balaban J connectivity index is 3.67. The van der Waals surface area contributed by atoms with Crippen LogP contribution in [0.1, 0.15) is 40.0 Å². The first-order valence-corrected chi connectivity index (χ1v) is 6.23. The van der Waals surface area contributed by atoms with Gasteiger partial charge in [0.15, 0.2) is 0 Å². The highest BCUT2D eigenvalue weighted by atomic mass is 16.5. The lowest BCUT2D eigenvalue weighted by atomic mass is 10.0. The lowest BCUT2D eigenvalue weighted by molar-refractivity contribution is -0.138. The third-order valence-electron chi connectivity index (χ3n) is 2.14. The van der Waals surface area contributed by atoms with Crippen LogP contribution in [0.3, 0.4) is 0 Å². The smallest absolute Gasteiger partial charge is 0.315 e. The summed E-state index contributed by atoms with van der Waals surface area (Å²) in [5.74, 6) is -0.937. The summed E-state index contributed by atoms with van der Waals surface area (Å²) < 4.78 is 5.27. The second-order valence-electron chi connectivity index (χ2n) is 4.80. The molecule has 0 fully saturated rings. The molecule has 0 aromatic carbocycles. The van der Waals surface area contributed by atoms with Gasteiger partial charge in [-0.1, -0.05) is 6.92 Å². The SMILES string of the molecule is CCCOCCCNC(=O)NC(C)(C)CC(=O)O. The molecule has 0 aliphatic heterocycles. The molecule has 2 amide bonds. The lowest BCUT2D eigenvalue weighted by Gasteiger charge is -2.24. The van der Waals surface area contributed by atoms with Crippen molar-refractivity contribution in [3.63, 3.8) is 0 Å². The summed E-state index contributed by atoms with van der Waals surface area (Å²) in [6.45, 7) is 7.25. The van der Waals surface area contributed by atoms with Crippen LogP contribution in [0.5, 0.6) is 0 Å². The topological polar surface area (TPSA) is 87.7 Å². The molecule has 106 valence electrons. The summed E-state index contributed by atoms with van der Waals surface area (Å²) in [4.78, 5) is 22.0. The number of carbonyl (C=O) groups excluding carboxylic acids is 1. The van der Waals surface area contributed by atoms with Gasteiger partial charge in [-0.25, -0.2) is 4.79 Å². The van der Waals surface area contributed by atoms with Crippen molar-refractivity contribution in [2.75, 3.05) is 19.8 Å². The van der Waals surface area contributed by atoms with Gasteiger partial charge in [0.25, 0.3) is 0 Å². The molecule has 6 heteroatoms. The lowest BCUT2D eigenvalue weighted by Crippen LogP contribution is -2.49. The number of urea groups is 1. The Labute approximate surface area is 108 Å². The second kappa shape index (κ2) is 8.74. The Morgan fingerprint density at radius 1 is 1.28 bits per heavy atom. The van der Waals surface area contributed by atoms with Crippen molar-refractivity contribution in [3.8, 4) is 0 Å². The van der Waals surface area contributed by atoms with E-state index in [1.165, 1.54) is 0 Å². The molecule has 0 bridgehead atoms. The average Bonchev–Trinajstić information content (AvgIpc) is 2.20. The second-order valence-corrected chi connectivity index (χ2v) is 4.80. The van der Waals surface area contributed by atoms with E-state index in [2.05, 4.69) is 10.6 Å². The minimum absolute atomic E-state index is 0.111. The van der Waals surface area contributed by atoms with E-state index in [-0.39, 0.29) is 12.5 Å². The van der Waals surface area contributed by atoms with Crippen LogP contribution in [-0.2, 0) is 9.53 Å². The number of carboxylic acids is 1. The molecule has 0 radical (unpaired) electrons. The Bertz CT molecular complexity index is 267. The number of hydrogen-bond donors (Lipinski definition) is 3. The van der Waals surface area contributed by atoms with E-state index in [0.717, 1.165) is 19.4 Å². The van der Waals surface area contributed by atoms with Gasteiger partial charge in [-0.15, -0.1) is 0 Å². The van der Waals surface area contributed by atoms with Gasteiger partial charge in [-0.2, -0.15) is 0 Å². The third kappa shape index (κ3) is 9.89. The molecule has 0 spiro atoms. The third-order valence-corrected chi connectivity index (χ3v) is 2.14. The first-order valence-electron chi connectivity index (χ1n) is 6.23. The number of rotatable bonds is 9. The monoisotopic (exact) mass is 260 g/mol. The van der Waals surface area contributed by atoms with Gasteiger partial charge in [-0.3, -0.25) is 4.79 Å². The molecule has 18 heavy (non-hydrogen) atoms. The van der Waals surface area contributed by atoms with Gasteiger partial charge in [-0.05, 0) is 26.7 Å². The number of carbonyl (C=O) groups is 2. The molecular weight excluding hydrogens is 236 g/mol. The highest BCUT2D eigenvalue weighted by Gasteiger charge is 2.23. The summed E-state index contributed by atoms with van der Waals surface area (Å²) in [7, 11) is 0. The van der Waals surface area contributed by atoms with Gasteiger partial charge < -0.3 is 20.5 Å². The molecule has 0 heterocycles. The van der Waals surface area contributed by atoms with Crippen LogP contribution in [0.4, 0.5) is 4.79 Å². The zero-order valence-electron chi connectivity index (χ0n) is 11.4. The Morgan fingerprint density at radius 2 is 1.94 bits per heavy atom. The van der Waals surface area contributed by atoms with Crippen LogP contribution < -0.4 is 10.6 Å². The quantitative estimate of drug-likeness (QED) is 0.546. The van der Waals surface area contributed by atoms with E-state index in [4.69, 9.17) is 9.84 Å². The molecule has 0 saturated carbocycles. The highest BCUT2D eigenvalue weighted by Crippen LogP contribution is 2.07. The van der Waals surface area contributed by atoms with Gasteiger partial charge >= 0.3 is 12.0 Å². The Morgan fingerprint density at radius 3 is 2.50 bits per heavy atom. The summed E-state index contributed by atoms with van der Waals surface area (Å²) in [5.41, 5.74) is -0.755. The van der Waals surface area contributed by atoms with Crippen molar-refractivity contribution >= 4 is 12.0 Å². The van der Waals surface area contributed by atoms with Crippen LogP contribution in [0.15, 0.2) is 0 Å². The molecule has 3 N–H and O–H groups in total. The highest BCUT2D eigenvalue weighted by molar-refractivity contribution is 5.76. The largest absolute Gasteiger partial charge is 0.481 e. The molecule has 0 aliphatic carbocycles. The number of amides is 2. The predicted octanol–water partition coefficient (Wildman–Crippen LogP) is 1.36. The normalized spacial score (nSPS) is 11.1. The van der Waals surface area contributed by atoms with E-state index in [1.807, 2.05) is 6.92 Å². The molecule has 0 aromatic heterocycles. The van der Waals surface area contributed by atoms with Gasteiger partial charge in [0.05, 0.1) is 6.42 Å². The number of hydrogen-bond acceptors (Lipinski definition) is 3. The van der Waals surface area contributed by atoms with Crippen molar-refractivity contribution in [1.82, 2.24) is 10.6 Å². The molecule has 0 aromatic rings. The van der Waals surface area contributed by atoms with Crippen molar-refractivity contribution in [1.29, 1.82) is 0 Å². The molecule has 0 unspecified atom stereocenters. The maximum absolute atomic E-state index is 11.5. The fourth-order valence-electron chi connectivity index (χ4n) is 1.40. The van der Waals surface area contributed by atoms with E-state index in [9.17, 15) is 9.59 Å². The fraction of sp³-hybridized carbons (Fsp3) is 0.833. The van der Waals surface area contributed by atoms with Crippen LogP contribution in [-0.4, -0.2) is 42.4 Å². The zero-order valence-corrected chi connectivity index (χ0v) is 11.4. The summed E-state index contributed by atoms with van der Waals surface area (Å²) >= 11 is 0. The number of carboxylic acid groups (broad SMARTS) is 1. The van der Waals surface area contributed by atoms with Crippen LogP contribution in [0, 0.1) is 0 Å². The zero-order chi connectivity index (χ0) is 14.0. The molecular formula is C12H24N2O4. The maximum atomic E-state index is 11.5. The molecule has 0 atom stereocenters. The number of ether oxygens (including phenoxy) is 1. The van der Waals surface area contributed by atoms with Crippen LogP contribution >= 0.6 is 0 Å². The summed E-state index contributed by atoms with van der Waals surface area (Å²) in [6.07, 6.45) is 1.62. The Kier molecular flexibility index (Phi) is 8.11. The van der Waals surface area contributed by atoms with Gasteiger partial charge in [0.2, 0.25) is 0 Å². The van der Waals surface area contributed by atoms with Crippen LogP contribution in [0.2, 0.25) is 0 Å². The van der Waals surface area contributed by atoms with Gasteiger partial charge in [0, 0.05) is 25.3 Å². The van der Waals surface area contributed by atoms with Crippen molar-refractivity contribution < 1.29 is 19.4 Å². The first-order chi connectivity index (χ1) is 8.37. The van der Waals surface area contributed by atoms with E-state index >= 15 is 0 Å². The molecule has 0 aliphatic rings. The first kappa shape index (κ1) is 16.7. The van der Waals surface area contributed by atoms with Crippen molar-refractivity contribution in [2.24, 2.45) is 0 Å². The Hall–Kier alpha value is -1.30. The standard InChI is InChI=1S/C12H24N2O4/c1-4-7-18-8-5-6-13-11(17)14-12(2,3)9-10(15)16/h4-9H2,1-3H3,(H,15,16)(H2,13,14,17). The van der Waals surface area contributed by atoms with Crippen molar-refractivity contribution in [3.05, 3.63) is 0 Å². The van der Waals surface area contributed by atoms with E-state index in [1.54, 1.807) is 13.8 Å². The number of aliphatic carboxylic acids is 1. The summed E-state index contributed by atoms with van der Waals surface area (Å²) in [5, 5.41) is 14.0. The maximum Gasteiger partial charge on any atom is 0.315 e. The minimum Gasteiger partial charge on any atom is -0.481 e. The molecule has 0 saturated heterocycles. The van der Waals surface area contributed by atoms with E-state index in [0.29, 0.717) is 13.2 Å². The number of nitrogens with one attached hydrogen (secondary N) is 2.